The minimum atomic E-state index is -0.519. The van der Waals surface area contributed by atoms with Gasteiger partial charge in [-0.25, -0.2) is 0 Å². The van der Waals surface area contributed by atoms with E-state index in [9.17, 15) is 0 Å². The molecule has 3 nitrogen and oxygen atoms in total. The van der Waals surface area contributed by atoms with Crippen LogP contribution in [-0.4, -0.2) is 18.3 Å². The minimum Gasteiger partial charge on any atom is -0.396 e. The molecule has 1 atom stereocenters. The smallest absolute Gasteiger partial charge is 0.169 e. The van der Waals surface area contributed by atoms with Gasteiger partial charge in [-0.05, 0) is 36.3 Å². The van der Waals surface area contributed by atoms with E-state index in [0.29, 0.717) is 13.0 Å². The molecule has 1 N–H and O–H groups in total. The molecular weight excluding hydrogens is 214 g/mol. The van der Waals surface area contributed by atoms with Crippen molar-refractivity contribution < 1.29 is 9.84 Å². The first kappa shape index (κ1) is 12.1. The Kier molecular flexibility index (Phi) is 4.13. The number of nitrogens with zero attached hydrogens (tertiary/aromatic N) is 1. The van der Waals surface area contributed by atoms with E-state index >= 15 is 0 Å². The zero-order valence-electron chi connectivity index (χ0n) is 9.80. The van der Waals surface area contributed by atoms with Crippen molar-refractivity contribution in [3.63, 3.8) is 0 Å². The highest BCUT2D eigenvalue weighted by molar-refractivity contribution is 5.30. The van der Waals surface area contributed by atoms with Crippen LogP contribution in [0, 0.1) is 11.3 Å². The highest BCUT2D eigenvalue weighted by atomic mass is 16.5. The quantitative estimate of drug-likeness (QED) is 0.765. The number of hydrogen-bond acceptors (Lipinski definition) is 3. The molecule has 1 aliphatic carbocycles. The standard InChI is InChI=1S/C14H17NO2/c15-10-14(17-9-1-8-16)13-6-4-12(5-7-13)11-2-3-11/h4-7,11,14,16H,1-3,8-9H2. The Bertz CT molecular complexity index is 390. The molecule has 1 aromatic carbocycles. The number of benzene rings is 1. The summed E-state index contributed by atoms with van der Waals surface area (Å²) >= 11 is 0. The van der Waals surface area contributed by atoms with Gasteiger partial charge in [-0.2, -0.15) is 5.26 Å². The largest absolute Gasteiger partial charge is 0.396 e. The summed E-state index contributed by atoms with van der Waals surface area (Å²) in [6.45, 7) is 0.512. The van der Waals surface area contributed by atoms with Crippen molar-refractivity contribution in [3.05, 3.63) is 35.4 Å². The molecule has 0 saturated heterocycles. The molecule has 3 heteroatoms. The maximum Gasteiger partial charge on any atom is 0.169 e. The molecule has 0 aliphatic heterocycles. The number of hydrogen-bond donors (Lipinski definition) is 1. The first-order chi connectivity index (χ1) is 8.35. The van der Waals surface area contributed by atoms with E-state index in [1.165, 1.54) is 18.4 Å². The summed E-state index contributed by atoms with van der Waals surface area (Å²) in [4.78, 5) is 0. The van der Waals surface area contributed by atoms with Crippen molar-refractivity contribution in [1.82, 2.24) is 0 Å². The molecule has 0 heterocycles. The second kappa shape index (κ2) is 5.81. The van der Waals surface area contributed by atoms with Crippen molar-refractivity contribution in [2.75, 3.05) is 13.2 Å². The van der Waals surface area contributed by atoms with Crippen LogP contribution in [0.5, 0.6) is 0 Å². The summed E-state index contributed by atoms with van der Waals surface area (Å²) in [5, 5.41) is 17.7. The van der Waals surface area contributed by atoms with Crippen LogP contribution >= 0.6 is 0 Å². The fraction of sp³-hybridized carbons (Fsp3) is 0.500. The summed E-state index contributed by atoms with van der Waals surface area (Å²) in [6, 6.07) is 10.3. The first-order valence-electron chi connectivity index (χ1n) is 6.07. The van der Waals surface area contributed by atoms with Crippen molar-refractivity contribution in [2.45, 2.75) is 31.3 Å². The lowest BCUT2D eigenvalue weighted by molar-refractivity contribution is 0.0774. The summed E-state index contributed by atoms with van der Waals surface area (Å²) in [5.74, 6) is 0.736. The summed E-state index contributed by atoms with van der Waals surface area (Å²) < 4.78 is 5.41. The van der Waals surface area contributed by atoms with Gasteiger partial charge in [-0.3, -0.25) is 0 Å². The average molecular weight is 231 g/mol. The van der Waals surface area contributed by atoms with Gasteiger partial charge in [0.15, 0.2) is 6.10 Å². The molecule has 17 heavy (non-hydrogen) atoms. The molecule has 2 rings (SSSR count). The molecule has 0 aromatic heterocycles. The fourth-order valence-corrected chi connectivity index (χ4v) is 1.83. The Morgan fingerprint density at radius 3 is 2.59 bits per heavy atom. The first-order valence-corrected chi connectivity index (χ1v) is 6.07. The van der Waals surface area contributed by atoms with Crippen LogP contribution in [0.3, 0.4) is 0 Å². The van der Waals surface area contributed by atoms with Crippen LogP contribution in [-0.2, 0) is 4.74 Å². The van der Waals surface area contributed by atoms with E-state index in [2.05, 4.69) is 18.2 Å². The maximum absolute atomic E-state index is 9.03. The molecule has 1 unspecified atom stereocenters. The maximum atomic E-state index is 9.03. The normalized spacial score (nSPS) is 16.5. The summed E-state index contributed by atoms with van der Waals surface area (Å²) in [6.07, 6.45) is 2.62. The van der Waals surface area contributed by atoms with Crippen molar-refractivity contribution in [2.24, 2.45) is 0 Å². The van der Waals surface area contributed by atoms with E-state index in [4.69, 9.17) is 15.1 Å². The van der Waals surface area contributed by atoms with Crippen LogP contribution in [0.1, 0.15) is 42.4 Å². The van der Waals surface area contributed by atoms with Crippen molar-refractivity contribution in [1.29, 1.82) is 5.26 Å². The summed E-state index contributed by atoms with van der Waals surface area (Å²) in [7, 11) is 0. The number of ether oxygens (including phenoxy) is 1. The van der Waals surface area contributed by atoms with Crippen LogP contribution in [0.4, 0.5) is 0 Å². The van der Waals surface area contributed by atoms with Gasteiger partial charge in [0.05, 0.1) is 12.7 Å². The molecule has 1 saturated carbocycles. The van der Waals surface area contributed by atoms with Gasteiger partial charge in [0.1, 0.15) is 0 Å². The monoisotopic (exact) mass is 231 g/mol. The molecule has 1 aliphatic rings. The molecule has 1 aromatic rings. The van der Waals surface area contributed by atoms with E-state index in [0.717, 1.165) is 11.5 Å². The van der Waals surface area contributed by atoms with Crippen LogP contribution in [0.25, 0.3) is 0 Å². The highest BCUT2D eigenvalue weighted by Gasteiger charge is 2.23. The van der Waals surface area contributed by atoms with E-state index in [1.54, 1.807) is 0 Å². The van der Waals surface area contributed by atoms with Crippen LogP contribution in [0.2, 0.25) is 0 Å². The molecule has 0 radical (unpaired) electrons. The molecular formula is C14H17NO2. The highest BCUT2D eigenvalue weighted by Crippen LogP contribution is 2.40. The molecule has 0 spiro atoms. The Balaban J connectivity index is 1.96. The predicted molar refractivity (Wildman–Crippen MR) is 64.4 cm³/mol. The van der Waals surface area contributed by atoms with Gasteiger partial charge in [0.25, 0.3) is 0 Å². The minimum absolute atomic E-state index is 0.0960. The zero-order chi connectivity index (χ0) is 12.1. The number of nitriles is 1. The van der Waals surface area contributed by atoms with Crippen molar-refractivity contribution in [3.8, 4) is 6.07 Å². The Labute approximate surface area is 102 Å². The number of aliphatic hydroxyl groups is 1. The van der Waals surface area contributed by atoms with Gasteiger partial charge in [-0.1, -0.05) is 24.3 Å². The lowest BCUT2D eigenvalue weighted by atomic mass is 10.1. The second-order valence-corrected chi connectivity index (χ2v) is 4.40. The third-order valence-corrected chi connectivity index (χ3v) is 2.99. The average Bonchev–Trinajstić information content (AvgIpc) is 3.19. The third kappa shape index (κ3) is 3.29. The van der Waals surface area contributed by atoms with Crippen molar-refractivity contribution >= 4 is 0 Å². The van der Waals surface area contributed by atoms with Crippen LogP contribution < -0.4 is 0 Å². The Morgan fingerprint density at radius 2 is 2.06 bits per heavy atom. The summed E-state index contributed by atoms with van der Waals surface area (Å²) in [5.41, 5.74) is 2.26. The molecule has 90 valence electrons. The Hall–Kier alpha value is -1.37. The van der Waals surface area contributed by atoms with Gasteiger partial charge < -0.3 is 9.84 Å². The van der Waals surface area contributed by atoms with Gasteiger partial charge in [-0.15, -0.1) is 0 Å². The van der Waals surface area contributed by atoms with Crippen LogP contribution in [0.15, 0.2) is 24.3 Å². The fourth-order valence-electron chi connectivity index (χ4n) is 1.83. The van der Waals surface area contributed by atoms with Gasteiger partial charge >= 0.3 is 0 Å². The predicted octanol–water partition coefficient (Wildman–Crippen LogP) is 2.53. The lowest BCUT2D eigenvalue weighted by Crippen LogP contribution is -2.04. The van der Waals surface area contributed by atoms with Gasteiger partial charge in [0.2, 0.25) is 0 Å². The van der Waals surface area contributed by atoms with E-state index in [1.807, 2.05) is 12.1 Å². The Morgan fingerprint density at radius 1 is 1.35 bits per heavy atom. The topological polar surface area (TPSA) is 53.2 Å². The molecule has 0 amide bonds. The molecule has 1 fully saturated rings. The number of aliphatic hydroxyl groups excluding tert-OH is 1. The SMILES string of the molecule is N#CC(OCCCO)c1ccc(C2CC2)cc1. The van der Waals surface area contributed by atoms with Gasteiger partial charge in [0, 0.05) is 6.61 Å². The van der Waals surface area contributed by atoms with E-state index < -0.39 is 6.10 Å². The van der Waals surface area contributed by atoms with E-state index in [-0.39, 0.29) is 6.61 Å². The second-order valence-electron chi connectivity index (χ2n) is 4.40. The zero-order valence-corrected chi connectivity index (χ0v) is 9.80. The third-order valence-electron chi connectivity index (χ3n) is 2.99. The molecule has 0 bridgehead atoms. The number of rotatable bonds is 6. The lowest BCUT2D eigenvalue weighted by Gasteiger charge is -2.11.